The van der Waals surface area contributed by atoms with Gasteiger partial charge in [-0.2, -0.15) is 12.7 Å². The lowest BCUT2D eigenvalue weighted by Crippen LogP contribution is -2.29. The molecule has 0 fully saturated rings. The Morgan fingerprint density at radius 1 is 0.909 bits per heavy atom. The summed E-state index contributed by atoms with van der Waals surface area (Å²) in [5, 5.41) is 3.38. The molecule has 4 rings (SSSR count). The Morgan fingerprint density at radius 2 is 1.52 bits per heavy atom. The quantitative estimate of drug-likeness (QED) is 0.449. The molecular formula is C25H23N3O4S. The molecule has 0 bridgehead atoms. The van der Waals surface area contributed by atoms with Crippen molar-refractivity contribution in [2.75, 3.05) is 14.1 Å². The van der Waals surface area contributed by atoms with Crippen molar-refractivity contribution in [1.29, 1.82) is 0 Å². The van der Waals surface area contributed by atoms with Crippen LogP contribution in [0.1, 0.15) is 15.9 Å². The van der Waals surface area contributed by atoms with Crippen LogP contribution in [0.3, 0.4) is 0 Å². The molecule has 4 aromatic rings. The fourth-order valence-corrected chi connectivity index (χ4v) is 3.86. The summed E-state index contributed by atoms with van der Waals surface area (Å²) >= 11 is 0. The summed E-state index contributed by atoms with van der Waals surface area (Å²) in [4.78, 5) is 18.1. The van der Waals surface area contributed by atoms with E-state index in [0.717, 1.165) is 9.87 Å². The number of amides is 1. The van der Waals surface area contributed by atoms with Crippen molar-refractivity contribution in [3.05, 3.63) is 96.1 Å². The van der Waals surface area contributed by atoms with Gasteiger partial charge < -0.3 is 9.50 Å². The van der Waals surface area contributed by atoms with Crippen LogP contribution in [0.25, 0.3) is 22.2 Å². The number of nitrogens with zero attached hydrogens (tertiary/aromatic N) is 2. The number of benzene rings is 3. The Labute approximate surface area is 192 Å². The molecule has 1 aromatic heterocycles. The number of nitrogens with one attached hydrogen (secondary N) is 1. The molecule has 0 saturated heterocycles. The number of carbonyl (C=O) groups is 1. The molecule has 0 aliphatic heterocycles. The van der Waals surface area contributed by atoms with E-state index in [-0.39, 0.29) is 23.6 Å². The van der Waals surface area contributed by atoms with Gasteiger partial charge in [-0.25, -0.2) is 4.98 Å². The summed E-state index contributed by atoms with van der Waals surface area (Å²) in [5.41, 5.74) is 2.47. The summed E-state index contributed by atoms with van der Waals surface area (Å²) in [7, 11) is -1.44. The highest BCUT2D eigenvalue weighted by molar-refractivity contribution is 7.84. The second kappa shape index (κ2) is 9.40. The number of hydrogen-bond donors (Lipinski definition) is 1. The van der Waals surface area contributed by atoms with Crippen LogP contribution >= 0.6 is 0 Å². The van der Waals surface area contributed by atoms with Gasteiger partial charge in [-0.05, 0) is 11.6 Å². The summed E-state index contributed by atoms with van der Waals surface area (Å²) in [5.74, 6) is -0.572. The van der Waals surface area contributed by atoms with Crippen molar-refractivity contribution in [2.45, 2.75) is 6.54 Å². The molecule has 0 radical (unpaired) electrons. The van der Waals surface area contributed by atoms with Gasteiger partial charge >= 0.3 is 10.3 Å². The van der Waals surface area contributed by atoms with Crippen molar-refractivity contribution in [2.24, 2.45) is 0 Å². The number of rotatable bonds is 7. The third kappa shape index (κ3) is 4.87. The molecule has 1 amide bonds. The molecule has 1 heterocycles. The molecule has 1 N–H and O–H groups in total. The van der Waals surface area contributed by atoms with Crippen LogP contribution in [-0.2, 0) is 16.8 Å². The zero-order chi connectivity index (χ0) is 23.4. The molecule has 33 heavy (non-hydrogen) atoms. The third-order valence-corrected chi connectivity index (χ3v) is 6.33. The second-order valence-corrected chi connectivity index (χ2v) is 9.29. The number of carbonyl (C=O) groups excluding carboxylic acids is 1. The fourth-order valence-electron chi connectivity index (χ4n) is 3.34. The lowest BCUT2D eigenvalue weighted by Gasteiger charge is -2.19. The standard InChI is InChI=1S/C25H23N3O4S/c1-28(2)33(30,31)32-24-22(25(29)26-17-18-11-5-3-6-12-18)20-15-9-10-16-21(20)27-23(24)19-13-7-4-8-14-19/h3-16H,17H2,1-2H3,(H,26,29). The van der Waals surface area contributed by atoms with Gasteiger partial charge in [-0.15, -0.1) is 0 Å². The first-order valence-electron chi connectivity index (χ1n) is 10.3. The highest BCUT2D eigenvalue weighted by atomic mass is 32.2. The normalized spacial score (nSPS) is 11.5. The molecule has 0 aliphatic rings. The highest BCUT2D eigenvalue weighted by Gasteiger charge is 2.28. The smallest absolute Gasteiger partial charge is 0.368 e. The van der Waals surface area contributed by atoms with Crippen LogP contribution in [0, 0.1) is 0 Å². The Kier molecular flexibility index (Phi) is 6.39. The molecule has 0 spiro atoms. The van der Waals surface area contributed by atoms with Crippen molar-refractivity contribution in [3.63, 3.8) is 0 Å². The van der Waals surface area contributed by atoms with E-state index >= 15 is 0 Å². The van der Waals surface area contributed by atoms with Crippen molar-refractivity contribution < 1.29 is 17.4 Å². The Balaban J connectivity index is 1.92. The third-order valence-electron chi connectivity index (χ3n) is 5.05. The minimum Gasteiger partial charge on any atom is -0.368 e. The molecule has 0 aliphatic carbocycles. The number of pyridine rings is 1. The van der Waals surface area contributed by atoms with Crippen LogP contribution in [0.4, 0.5) is 0 Å². The van der Waals surface area contributed by atoms with Crippen LogP contribution in [0.15, 0.2) is 84.9 Å². The van der Waals surface area contributed by atoms with Gasteiger partial charge in [0.15, 0.2) is 5.75 Å². The molecule has 8 heteroatoms. The van der Waals surface area contributed by atoms with Gasteiger partial charge in [0.1, 0.15) is 5.69 Å². The van der Waals surface area contributed by atoms with Gasteiger partial charge in [0.2, 0.25) is 0 Å². The Morgan fingerprint density at radius 3 is 2.18 bits per heavy atom. The molecule has 0 unspecified atom stereocenters. The number of aromatic nitrogens is 1. The summed E-state index contributed by atoms with van der Waals surface area (Å²) in [6.07, 6.45) is 0. The van der Waals surface area contributed by atoms with Crippen LogP contribution in [-0.4, -0.2) is 37.7 Å². The predicted molar refractivity (Wildman–Crippen MR) is 128 cm³/mol. The van der Waals surface area contributed by atoms with E-state index < -0.39 is 16.2 Å². The number of fused-ring (bicyclic) bond motifs is 1. The van der Waals surface area contributed by atoms with Crippen LogP contribution in [0.5, 0.6) is 5.75 Å². The monoisotopic (exact) mass is 461 g/mol. The van der Waals surface area contributed by atoms with E-state index in [2.05, 4.69) is 10.3 Å². The Bertz CT molecular complexity index is 1390. The first kappa shape index (κ1) is 22.4. The minimum atomic E-state index is -4.16. The number of hydrogen-bond acceptors (Lipinski definition) is 5. The van der Waals surface area contributed by atoms with E-state index in [9.17, 15) is 13.2 Å². The summed E-state index contributed by atoms with van der Waals surface area (Å²) < 4.78 is 31.9. The lowest BCUT2D eigenvalue weighted by molar-refractivity contribution is 0.0951. The first-order chi connectivity index (χ1) is 15.9. The topological polar surface area (TPSA) is 88.6 Å². The van der Waals surface area contributed by atoms with Gasteiger partial charge in [-0.3, -0.25) is 4.79 Å². The van der Waals surface area contributed by atoms with Crippen molar-refractivity contribution in [3.8, 4) is 17.0 Å². The average molecular weight is 462 g/mol. The zero-order valence-electron chi connectivity index (χ0n) is 18.2. The summed E-state index contributed by atoms with van der Waals surface area (Å²) in [6, 6.07) is 25.6. The van der Waals surface area contributed by atoms with Gasteiger partial charge in [-0.1, -0.05) is 78.9 Å². The lowest BCUT2D eigenvalue weighted by atomic mass is 10.0. The number of para-hydroxylation sites is 1. The molecule has 168 valence electrons. The van der Waals surface area contributed by atoms with Crippen LogP contribution < -0.4 is 9.50 Å². The molecule has 7 nitrogen and oxygen atoms in total. The highest BCUT2D eigenvalue weighted by Crippen LogP contribution is 2.37. The minimum absolute atomic E-state index is 0.112. The van der Waals surface area contributed by atoms with E-state index in [1.165, 1.54) is 14.1 Å². The van der Waals surface area contributed by atoms with Crippen LogP contribution in [0.2, 0.25) is 0 Å². The van der Waals surface area contributed by atoms with E-state index in [4.69, 9.17) is 4.18 Å². The molecule has 0 saturated carbocycles. The van der Waals surface area contributed by atoms with E-state index in [1.807, 2.05) is 54.6 Å². The summed E-state index contributed by atoms with van der Waals surface area (Å²) in [6.45, 7) is 0.275. The van der Waals surface area contributed by atoms with Crippen molar-refractivity contribution >= 4 is 27.1 Å². The first-order valence-corrected chi connectivity index (χ1v) is 11.7. The maximum absolute atomic E-state index is 13.5. The largest absolute Gasteiger partial charge is 0.384 e. The van der Waals surface area contributed by atoms with E-state index in [0.29, 0.717) is 16.5 Å². The van der Waals surface area contributed by atoms with Crippen molar-refractivity contribution in [1.82, 2.24) is 14.6 Å². The van der Waals surface area contributed by atoms with Gasteiger partial charge in [0, 0.05) is 31.6 Å². The maximum Gasteiger partial charge on any atom is 0.384 e. The van der Waals surface area contributed by atoms with Gasteiger partial charge in [0.05, 0.1) is 11.1 Å². The Hall–Kier alpha value is -3.75. The molecular weight excluding hydrogens is 438 g/mol. The van der Waals surface area contributed by atoms with E-state index in [1.54, 1.807) is 30.3 Å². The fraction of sp³-hybridized carbons (Fsp3) is 0.120. The zero-order valence-corrected chi connectivity index (χ0v) is 19.0. The van der Waals surface area contributed by atoms with Gasteiger partial charge in [0.25, 0.3) is 5.91 Å². The SMILES string of the molecule is CN(C)S(=O)(=O)Oc1c(-c2ccccc2)nc2ccccc2c1C(=O)NCc1ccccc1. The molecule has 0 atom stereocenters. The predicted octanol–water partition coefficient (Wildman–Crippen LogP) is 4.02. The molecule has 3 aromatic carbocycles. The maximum atomic E-state index is 13.5. The average Bonchev–Trinajstić information content (AvgIpc) is 2.83. The second-order valence-electron chi connectivity index (χ2n) is 7.54.